The van der Waals surface area contributed by atoms with Gasteiger partial charge in [-0.1, -0.05) is 24.3 Å². The second-order valence-electron chi connectivity index (χ2n) is 3.73. The SMILES string of the molecule is C1=Cc2ccccc2OC1.CCOC(C)OCC. The Balaban J connectivity index is 0.000000187. The van der Waals surface area contributed by atoms with E-state index in [9.17, 15) is 0 Å². The van der Waals surface area contributed by atoms with Gasteiger partial charge in [0.15, 0.2) is 6.29 Å². The minimum absolute atomic E-state index is 0.0370. The van der Waals surface area contributed by atoms with Crippen LogP contribution in [0.2, 0.25) is 0 Å². The van der Waals surface area contributed by atoms with Gasteiger partial charge in [0.2, 0.25) is 0 Å². The largest absolute Gasteiger partial charge is 0.489 e. The molecule has 0 saturated carbocycles. The van der Waals surface area contributed by atoms with Gasteiger partial charge in [0.1, 0.15) is 12.4 Å². The fraction of sp³-hybridized carbons (Fsp3) is 0.467. The number of fused-ring (bicyclic) bond motifs is 1. The van der Waals surface area contributed by atoms with Crippen LogP contribution in [0.3, 0.4) is 0 Å². The van der Waals surface area contributed by atoms with Crippen molar-refractivity contribution in [1.29, 1.82) is 0 Å². The van der Waals surface area contributed by atoms with E-state index in [2.05, 4.69) is 6.08 Å². The summed E-state index contributed by atoms with van der Waals surface area (Å²) in [6.07, 6.45) is 4.06. The molecule has 1 aliphatic rings. The molecule has 0 spiro atoms. The van der Waals surface area contributed by atoms with Crippen molar-refractivity contribution in [2.45, 2.75) is 27.1 Å². The van der Waals surface area contributed by atoms with Crippen LogP contribution < -0.4 is 4.74 Å². The van der Waals surface area contributed by atoms with Gasteiger partial charge in [0.25, 0.3) is 0 Å². The third-order valence-electron chi connectivity index (χ3n) is 2.35. The van der Waals surface area contributed by atoms with Gasteiger partial charge in [-0.15, -0.1) is 0 Å². The molecule has 3 nitrogen and oxygen atoms in total. The summed E-state index contributed by atoms with van der Waals surface area (Å²) in [7, 11) is 0. The van der Waals surface area contributed by atoms with E-state index in [0.29, 0.717) is 6.61 Å². The van der Waals surface area contributed by atoms with Crippen LogP contribution in [0.25, 0.3) is 6.08 Å². The number of hydrogen-bond acceptors (Lipinski definition) is 3. The van der Waals surface area contributed by atoms with E-state index in [1.165, 1.54) is 5.56 Å². The van der Waals surface area contributed by atoms with Crippen LogP contribution >= 0.6 is 0 Å². The van der Waals surface area contributed by atoms with E-state index in [-0.39, 0.29) is 6.29 Å². The average molecular weight is 250 g/mol. The zero-order chi connectivity index (χ0) is 13.2. The summed E-state index contributed by atoms with van der Waals surface area (Å²) in [5.41, 5.74) is 1.17. The molecular weight excluding hydrogens is 228 g/mol. The van der Waals surface area contributed by atoms with Crippen LogP contribution in [0.1, 0.15) is 26.3 Å². The highest BCUT2D eigenvalue weighted by Crippen LogP contribution is 2.21. The predicted molar refractivity (Wildman–Crippen MR) is 73.7 cm³/mol. The summed E-state index contributed by atoms with van der Waals surface area (Å²) >= 11 is 0. The maximum Gasteiger partial charge on any atom is 0.154 e. The fourth-order valence-corrected chi connectivity index (χ4v) is 1.58. The first-order valence-corrected chi connectivity index (χ1v) is 6.39. The van der Waals surface area contributed by atoms with Crippen molar-refractivity contribution < 1.29 is 14.2 Å². The van der Waals surface area contributed by atoms with E-state index in [1.54, 1.807) is 0 Å². The van der Waals surface area contributed by atoms with Crippen molar-refractivity contribution in [2.24, 2.45) is 0 Å². The second-order valence-corrected chi connectivity index (χ2v) is 3.73. The molecule has 0 amide bonds. The lowest BCUT2D eigenvalue weighted by atomic mass is 10.1. The second kappa shape index (κ2) is 8.72. The molecule has 0 unspecified atom stereocenters. The first-order valence-electron chi connectivity index (χ1n) is 6.39. The molecule has 0 aromatic heterocycles. The Morgan fingerprint density at radius 3 is 2.44 bits per heavy atom. The molecule has 0 fully saturated rings. The number of rotatable bonds is 4. The molecule has 0 saturated heterocycles. The van der Waals surface area contributed by atoms with Crippen LogP contribution in [-0.4, -0.2) is 26.1 Å². The van der Waals surface area contributed by atoms with Crippen LogP contribution in [0.15, 0.2) is 30.3 Å². The summed E-state index contributed by atoms with van der Waals surface area (Å²) in [5.74, 6) is 0.991. The third-order valence-corrected chi connectivity index (χ3v) is 2.35. The third kappa shape index (κ3) is 5.34. The first-order chi connectivity index (χ1) is 8.77. The molecule has 100 valence electrons. The van der Waals surface area contributed by atoms with Gasteiger partial charge < -0.3 is 14.2 Å². The molecule has 0 atom stereocenters. The van der Waals surface area contributed by atoms with Crippen molar-refractivity contribution in [3.05, 3.63) is 35.9 Å². The van der Waals surface area contributed by atoms with Crippen molar-refractivity contribution in [3.8, 4) is 5.75 Å². The monoisotopic (exact) mass is 250 g/mol. The van der Waals surface area contributed by atoms with Gasteiger partial charge in [-0.05, 0) is 32.9 Å². The van der Waals surface area contributed by atoms with Crippen LogP contribution in [0.5, 0.6) is 5.75 Å². The molecule has 1 aromatic carbocycles. The van der Waals surface area contributed by atoms with Gasteiger partial charge in [-0.25, -0.2) is 0 Å². The van der Waals surface area contributed by atoms with E-state index < -0.39 is 0 Å². The summed E-state index contributed by atoms with van der Waals surface area (Å²) in [5, 5.41) is 0. The molecule has 0 radical (unpaired) electrons. The molecule has 1 aromatic rings. The molecule has 2 rings (SSSR count). The Morgan fingerprint density at radius 1 is 1.17 bits per heavy atom. The Labute approximate surface area is 109 Å². The lowest BCUT2D eigenvalue weighted by Crippen LogP contribution is -2.11. The van der Waals surface area contributed by atoms with Crippen molar-refractivity contribution in [2.75, 3.05) is 19.8 Å². The zero-order valence-electron chi connectivity index (χ0n) is 11.4. The number of hydrogen-bond donors (Lipinski definition) is 0. The number of benzene rings is 1. The summed E-state index contributed by atoms with van der Waals surface area (Å²) in [4.78, 5) is 0. The predicted octanol–water partition coefficient (Wildman–Crippen LogP) is 3.50. The first kappa shape index (κ1) is 14.7. The van der Waals surface area contributed by atoms with Crippen molar-refractivity contribution in [1.82, 2.24) is 0 Å². The van der Waals surface area contributed by atoms with Gasteiger partial charge in [-0.3, -0.25) is 0 Å². The number of ether oxygens (including phenoxy) is 3. The van der Waals surface area contributed by atoms with E-state index in [1.807, 2.05) is 51.1 Å². The highest BCUT2D eigenvalue weighted by molar-refractivity contribution is 5.58. The molecule has 1 heterocycles. The van der Waals surface area contributed by atoms with Gasteiger partial charge in [0.05, 0.1) is 0 Å². The molecule has 0 bridgehead atoms. The summed E-state index contributed by atoms with van der Waals surface area (Å²) in [6, 6.07) is 8.03. The molecule has 3 heteroatoms. The lowest BCUT2D eigenvalue weighted by molar-refractivity contribution is -0.123. The smallest absolute Gasteiger partial charge is 0.154 e. The van der Waals surface area contributed by atoms with Crippen molar-refractivity contribution in [3.63, 3.8) is 0 Å². The minimum atomic E-state index is -0.0370. The van der Waals surface area contributed by atoms with Crippen molar-refractivity contribution >= 4 is 6.08 Å². The van der Waals surface area contributed by atoms with Gasteiger partial charge >= 0.3 is 0 Å². The highest BCUT2D eigenvalue weighted by atomic mass is 16.7. The maximum atomic E-state index is 5.34. The Kier molecular flexibility index (Phi) is 7.14. The van der Waals surface area contributed by atoms with E-state index in [0.717, 1.165) is 19.0 Å². The molecule has 0 N–H and O–H groups in total. The Morgan fingerprint density at radius 2 is 1.83 bits per heavy atom. The lowest BCUT2D eigenvalue weighted by Gasteiger charge is -2.10. The Hall–Kier alpha value is -1.32. The molecular formula is C15H22O3. The van der Waals surface area contributed by atoms with E-state index >= 15 is 0 Å². The Bertz CT molecular complexity index is 355. The molecule has 18 heavy (non-hydrogen) atoms. The van der Waals surface area contributed by atoms with E-state index in [4.69, 9.17) is 14.2 Å². The van der Waals surface area contributed by atoms with Crippen LogP contribution in [0, 0.1) is 0 Å². The summed E-state index contributed by atoms with van der Waals surface area (Å²) in [6.45, 7) is 7.96. The quantitative estimate of drug-likeness (QED) is 0.765. The standard InChI is InChI=1S/C9H8O.C6H14O2/c1-2-6-9-8(4-1)5-3-7-10-9;1-4-7-6(3)8-5-2/h1-6H,7H2;6H,4-5H2,1-3H3. The molecule has 1 aliphatic heterocycles. The molecule has 0 aliphatic carbocycles. The highest BCUT2D eigenvalue weighted by Gasteiger charge is 2.01. The van der Waals surface area contributed by atoms with Gasteiger partial charge in [0, 0.05) is 18.8 Å². The maximum absolute atomic E-state index is 5.34. The van der Waals surface area contributed by atoms with Crippen LogP contribution in [-0.2, 0) is 9.47 Å². The van der Waals surface area contributed by atoms with Gasteiger partial charge in [-0.2, -0.15) is 0 Å². The summed E-state index contributed by atoms with van der Waals surface area (Å²) < 4.78 is 15.5. The topological polar surface area (TPSA) is 27.7 Å². The fourth-order valence-electron chi connectivity index (χ4n) is 1.58. The average Bonchev–Trinajstić information content (AvgIpc) is 2.40. The minimum Gasteiger partial charge on any atom is -0.489 e. The number of para-hydroxylation sites is 1. The normalized spacial score (nSPS) is 12.4. The van der Waals surface area contributed by atoms with Crippen LogP contribution in [0.4, 0.5) is 0 Å². The zero-order valence-corrected chi connectivity index (χ0v) is 11.4.